The average molecular weight is 231 g/mol. The lowest BCUT2D eigenvalue weighted by Crippen LogP contribution is -2.35. The van der Waals surface area contributed by atoms with Gasteiger partial charge < -0.3 is 0 Å². The number of hydrazone groups is 1. The maximum atomic E-state index is 12.7. The Labute approximate surface area is 89.1 Å². The minimum atomic E-state index is -4.54. The fraction of sp³-hybridized carbons (Fsp3) is 0.444. The van der Waals surface area contributed by atoms with Gasteiger partial charge in [0.15, 0.2) is 0 Å². The quantitative estimate of drug-likeness (QED) is 0.631. The summed E-state index contributed by atoms with van der Waals surface area (Å²) in [5.41, 5.74) is -0.606. The Balaban J connectivity index is 2.50. The van der Waals surface area contributed by atoms with E-state index in [1.807, 2.05) is 0 Å². The van der Waals surface area contributed by atoms with E-state index >= 15 is 0 Å². The topological polar surface area (TPSA) is 45.0 Å². The van der Waals surface area contributed by atoms with Crippen LogP contribution in [0, 0.1) is 5.92 Å². The third-order valence-electron chi connectivity index (χ3n) is 2.46. The number of dihydropyridines is 1. The number of carbonyl (C=O) groups is 1. The van der Waals surface area contributed by atoms with Crippen molar-refractivity contribution in [3.8, 4) is 0 Å². The lowest BCUT2D eigenvalue weighted by Gasteiger charge is -2.22. The van der Waals surface area contributed by atoms with Crippen LogP contribution in [0.25, 0.3) is 0 Å². The first-order valence-corrected chi connectivity index (χ1v) is 4.51. The van der Waals surface area contributed by atoms with Gasteiger partial charge in [-0.25, -0.2) is 0 Å². The van der Waals surface area contributed by atoms with E-state index in [0.717, 1.165) is 0 Å². The van der Waals surface area contributed by atoms with E-state index in [-0.39, 0.29) is 11.5 Å². The summed E-state index contributed by atoms with van der Waals surface area (Å²) in [7, 11) is 1.47. The fourth-order valence-electron chi connectivity index (χ4n) is 1.83. The van der Waals surface area contributed by atoms with Crippen LogP contribution in [0.1, 0.15) is 6.92 Å². The Morgan fingerprint density at radius 3 is 2.62 bits per heavy atom. The number of rotatable bonds is 0. The van der Waals surface area contributed by atoms with Crippen LogP contribution in [-0.4, -0.2) is 35.7 Å². The number of amides is 1. The van der Waals surface area contributed by atoms with E-state index in [1.54, 1.807) is 0 Å². The molecule has 0 N–H and O–H groups in total. The lowest BCUT2D eigenvalue weighted by molar-refractivity contribution is -0.116. The fourth-order valence-corrected chi connectivity index (χ4v) is 1.83. The molecular weight excluding hydrogens is 223 g/mol. The molecule has 16 heavy (non-hydrogen) atoms. The largest absolute Gasteiger partial charge is 0.413 e. The van der Waals surface area contributed by atoms with Crippen molar-refractivity contribution >= 4 is 17.5 Å². The van der Waals surface area contributed by atoms with Gasteiger partial charge in [-0.3, -0.25) is 9.80 Å². The van der Waals surface area contributed by atoms with Crippen molar-refractivity contribution in [3.05, 3.63) is 11.6 Å². The molecule has 0 saturated heterocycles. The Morgan fingerprint density at radius 2 is 2.06 bits per heavy atom. The van der Waals surface area contributed by atoms with Gasteiger partial charge in [0.2, 0.25) is 0 Å². The molecule has 1 amide bonds. The van der Waals surface area contributed by atoms with E-state index in [1.165, 1.54) is 19.0 Å². The molecule has 7 heteroatoms. The second-order valence-corrected chi connectivity index (χ2v) is 3.60. The summed E-state index contributed by atoms with van der Waals surface area (Å²) < 4.78 is 38.1. The van der Waals surface area contributed by atoms with Crippen molar-refractivity contribution < 1.29 is 18.0 Å². The summed E-state index contributed by atoms with van der Waals surface area (Å²) in [6.45, 7) is 1.49. The van der Waals surface area contributed by atoms with E-state index in [0.29, 0.717) is 6.08 Å². The first-order chi connectivity index (χ1) is 7.30. The Kier molecular flexibility index (Phi) is 2.14. The van der Waals surface area contributed by atoms with Gasteiger partial charge in [-0.05, 0) is 6.92 Å². The zero-order valence-corrected chi connectivity index (χ0v) is 8.54. The van der Waals surface area contributed by atoms with Crippen LogP contribution >= 0.6 is 0 Å². The molecule has 0 bridgehead atoms. The maximum Gasteiger partial charge on any atom is 0.413 e. The van der Waals surface area contributed by atoms with Crippen molar-refractivity contribution in [1.82, 2.24) is 5.01 Å². The van der Waals surface area contributed by atoms with Gasteiger partial charge >= 0.3 is 6.18 Å². The smallest absolute Gasteiger partial charge is 0.267 e. The van der Waals surface area contributed by atoms with E-state index in [4.69, 9.17) is 0 Å². The highest BCUT2D eigenvalue weighted by atomic mass is 19.4. The van der Waals surface area contributed by atoms with Crippen molar-refractivity contribution in [2.24, 2.45) is 16.0 Å². The number of nitrogens with zero attached hydrogens (tertiary/aromatic N) is 3. The van der Waals surface area contributed by atoms with Gasteiger partial charge in [0, 0.05) is 13.1 Å². The molecule has 1 atom stereocenters. The number of alkyl halides is 3. The average Bonchev–Trinajstić information content (AvgIpc) is 2.40. The molecular formula is C9H8F3N3O. The van der Waals surface area contributed by atoms with Crippen LogP contribution in [-0.2, 0) is 4.79 Å². The molecule has 0 fully saturated rings. The number of amidine groups is 1. The minimum Gasteiger partial charge on any atom is -0.267 e. The van der Waals surface area contributed by atoms with Gasteiger partial charge in [0.25, 0.3) is 5.91 Å². The lowest BCUT2D eigenvalue weighted by atomic mass is 9.91. The molecule has 4 nitrogen and oxygen atoms in total. The summed E-state index contributed by atoms with van der Waals surface area (Å²) >= 11 is 0. The second-order valence-electron chi connectivity index (χ2n) is 3.60. The van der Waals surface area contributed by atoms with Crippen molar-refractivity contribution in [2.75, 3.05) is 7.05 Å². The third kappa shape index (κ3) is 1.52. The molecule has 0 aromatic heterocycles. The van der Waals surface area contributed by atoms with Crippen LogP contribution < -0.4 is 0 Å². The summed E-state index contributed by atoms with van der Waals surface area (Å²) in [4.78, 5) is 14.6. The second kappa shape index (κ2) is 3.16. The SMILES string of the molecule is CC1=NN(C)C2=NC(=O)C=C(C(F)(F)F)C12. The molecule has 2 aliphatic heterocycles. The van der Waals surface area contributed by atoms with Crippen molar-refractivity contribution in [3.63, 3.8) is 0 Å². The van der Waals surface area contributed by atoms with E-state index in [9.17, 15) is 18.0 Å². The van der Waals surface area contributed by atoms with Gasteiger partial charge in [0.1, 0.15) is 5.84 Å². The summed E-state index contributed by atoms with van der Waals surface area (Å²) in [6.07, 6.45) is -4.00. The molecule has 0 radical (unpaired) electrons. The maximum absolute atomic E-state index is 12.7. The first-order valence-electron chi connectivity index (χ1n) is 4.51. The van der Waals surface area contributed by atoms with Crippen LogP contribution in [0.5, 0.6) is 0 Å². The molecule has 0 aliphatic carbocycles. The van der Waals surface area contributed by atoms with Gasteiger partial charge in [-0.2, -0.15) is 23.3 Å². The van der Waals surface area contributed by atoms with Gasteiger partial charge in [0.05, 0.1) is 17.2 Å². The monoisotopic (exact) mass is 231 g/mol. The standard InChI is InChI=1S/C9H8F3N3O/c1-4-7-5(9(10,11)12)3-6(16)13-8(7)15(2)14-4/h3,7H,1-2H3. The van der Waals surface area contributed by atoms with Gasteiger partial charge in [-0.1, -0.05) is 0 Å². The molecule has 0 aromatic rings. The molecule has 2 aliphatic rings. The predicted octanol–water partition coefficient (Wildman–Crippen LogP) is 1.35. The highest BCUT2D eigenvalue weighted by Crippen LogP contribution is 2.37. The van der Waals surface area contributed by atoms with Crippen LogP contribution in [0.15, 0.2) is 21.7 Å². The summed E-state index contributed by atoms with van der Waals surface area (Å²) in [6, 6.07) is 0. The van der Waals surface area contributed by atoms with Crippen LogP contribution in [0.4, 0.5) is 13.2 Å². The molecule has 86 valence electrons. The summed E-state index contributed by atoms with van der Waals surface area (Å²) in [5, 5.41) is 5.06. The number of carbonyl (C=O) groups excluding carboxylic acids is 1. The first kappa shape index (κ1) is 10.8. The number of hydrogen-bond acceptors (Lipinski definition) is 3. The minimum absolute atomic E-state index is 0.0392. The van der Waals surface area contributed by atoms with Gasteiger partial charge in [-0.15, -0.1) is 0 Å². The molecule has 0 aromatic carbocycles. The zero-order chi connectivity index (χ0) is 12.1. The molecule has 0 saturated carbocycles. The molecule has 2 heterocycles. The van der Waals surface area contributed by atoms with Crippen molar-refractivity contribution in [2.45, 2.75) is 13.1 Å². The Bertz CT molecular complexity index is 447. The molecule has 2 rings (SSSR count). The van der Waals surface area contributed by atoms with Crippen molar-refractivity contribution in [1.29, 1.82) is 0 Å². The Morgan fingerprint density at radius 1 is 1.44 bits per heavy atom. The third-order valence-corrected chi connectivity index (χ3v) is 2.46. The van der Waals surface area contributed by atoms with Crippen LogP contribution in [0.2, 0.25) is 0 Å². The van der Waals surface area contributed by atoms with E-state index in [2.05, 4.69) is 10.1 Å². The van der Waals surface area contributed by atoms with Crippen LogP contribution in [0.3, 0.4) is 0 Å². The van der Waals surface area contributed by atoms with E-state index < -0.39 is 23.6 Å². The number of halogens is 3. The number of aliphatic imine (C=N–C) groups is 1. The Hall–Kier alpha value is -1.66. The highest BCUT2D eigenvalue weighted by Gasteiger charge is 2.47. The number of fused-ring (bicyclic) bond motifs is 1. The normalized spacial score (nSPS) is 25.1. The summed E-state index contributed by atoms with van der Waals surface area (Å²) in [5.74, 6) is -1.89. The zero-order valence-electron chi connectivity index (χ0n) is 8.54. The highest BCUT2D eigenvalue weighted by molar-refractivity contribution is 6.18. The molecule has 1 unspecified atom stereocenters. The predicted molar refractivity (Wildman–Crippen MR) is 50.9 cm³/mol. The number of hydrogen-bond donors (Lipinski definition) is 0. The molecule has 0 spiro atoms.